The number of ketones is 4. The van der Waals surface area contributed by atoms with Crippen LogP contribution in [0.1, 0.15) is 69.5 Å². The molecule has 3 aromatic rings. The van der Waals surface area contributed by atoms with Crippen LogP contribution >= 0.6 is 0 Å². The zero-order valence-corrected chi connectivity index (χ0v) is 23.4. The van der Waals surface area contributed by atoms with Crippen LogP contribution in [0, 0.1) is 0 Å². The van der Waals surface area contributed by atoms with E-state index >= 15 is 0 Å². The summed E-state index contributed by atoms with van der Waals surface area (Å²) in [4.78, 5) is 79.3. The molecule has 1 atom stereocenters. The van der Waals surface area contributed by atoms with Crippen molar-refractivity contribution in [3.05, 3.63) is 73.4 Å². The van der Waals surface area contributed by atoms with Crippen LogP contribution in [0.15, 0.2) is 28.8 Å². The molecule has 1 heterocycles. The van der Waals surface area contributed by atoms with Crippen molar-refractivity contribution in [2.24, 2.45) is 0 Å². The second-order valence-electron chi connectivity index (χ2n) is 9.19. The molecule has 12 nitrogen and oxygen atoms in total. The topological polar surface area (TPSA) is 211 Å². The second-order valence-corrected chi connectivity index (χ2v) is 9.19. The van der Waals surface area contributed by atoms with Crippen molar-refractivity contribution in [1.29, 1.82) is 0 Å². The average molecular weight is 555 g/mol. The van der Waals surface area contributed by atoms with E-state index in [0.29, 0.717) is 0 Å². The fraction of sp³-hybridized carbons (Fsp3) is 0.154. The van der Waals surface area contributed by atoms with Crippen molar-refractivity contribution in [3.63, 3.8) is 0 Å². The fourth-order valence-electron chi connectivity index (χ4n) is 5.85. The number of carboxylic acids is 1. The summed E-state index contributed by atoms with van der Waals surface area (Å²) >= 11 is 0. The summed E-state index contributed by atoms with van der Waals surface area (Å²) in [6.45, 7) is 0. The number of nitrogens with one attached hydrogen (secondary N) is 1. The Morgan fingerprint density at radius 2 is 1.56 bits per heavy atom. The molecule has 0 unspecified atom stereocenters. The first-order valence-corrected chi connectivity index (χ1v) is 11.2. The van der Waals surface area contributed by atoms with Crippen LogP contribution in [0.5, 0.6) is 17.2 Å². The van der Waals surface area contributed by atoms with Crippen LogP contribution in [0.25, 0.3) is 10.8 Å². The molecule has 0 fully saturated rings. The number of Topliss-reactive ketones (excluding diaryl/α,β-unsaturated/α-hetero) is 3. The van der Waals surface area contributed by atoms with Gasteiger partial charge >= 0.3 is 51.4 Å². The Kier molecular flexibility index (Phi) is 6.01. The van der Waals surface area contributed by atoms with Crippen LogP contribution in [0.3, 0.4) is 0 Å². The molecule has 0 saturated heterocycles. The van der Waals surface area contributed by atoms with Gasteiger partial charge in [-0.15, -0.1) is 0 Å². The van der Waals surface area contributed by atoms with Crippen LogP contribution in [0.4, 0.5) is 0 Å². The molecule has 0 aliphatic heterocycles. The Morgan fingerprint density at radius 1 is 0.949 bits per heavy atom. The number of aromatic carboxylic acids is 1. The summed E-state index contributed by atoms with van der Waals surface area (Å²) < 4.78 is 4.86. The molecule has 39 heavy (non-hydrogen) atoms. The van der Waals surface area contributed by atoms with Gasteiger partial charge in [-0.05, 0) is 29.9 Å². The number of carbonyl (C=O) groups excluding carboxylic acids is 5. The molecule has 4 N–H and O–H groups in total. The van der Waals surface area contributed by atoms with E-state index in [9.17, 15) is 49.2 Å². The SMILES string of the molecule is COC1=CC(=O)c2c(O)c3c(c(O)c2C1=O)C(=O)[C@]1(CCc2cc4cc(C(=O)[O-])[nH]c(=O)c4c(O)c21)C3=O.[K+]. The minimum absolute atomic E-state index is 0. The number of phenols is 3. The van der Waals surface area contributed by atoms with Crippen molar-refractivity contribution in [2.45, 2.75) is 18.3 Å². The van der Waals surface area contributed by atoms with Gasteiger partial charge in [0.2, 0.25) is 5.78 Å². The van der Waals surface area contributed by atoms with E-state index in [4.69, 9.17) is 4.74 Å². The van der Waals surface area contributed by atoms with Crippen LogP contribution in [-0.4, -0.2) is 56.5 Å². The van der Waals surface area contributed by atoms with Gasteiger partial charge in [-0.3, -0.25) is 24.0 Å². The molecular weight excluding hydrogens is 541 g/mol. The number of methoxy groups -OCH3 is 1. The number of pyridine rings is 1. The molecule has 0 amide bonds. The number of carbonyl (C=O) groups is 5. The fourth-order valence-corrected chi connectivity index (χ4v) is 5.85. The van der Waals surface area contributed by atoms with E-state index < -0.39 is 96.4 Å². The molecular formula is C26H14KNO11. The number of hydrogen-bond donors (Lipinski definition) is 4. The number of H-pyrrole nitrogens is 1. The molecule has 1 aromatic heterocycles. The van der Waals surface area contributed by atoms with E-state index in [-0.39, 0.29) is 80.7 Å². The quantitative estimate of drug-likeness (QED) is 0.144. The molecule has 0 radical (unpaired) electrons. The predicted octanol–water partition coefficient (Wildman–Crippen LogP) is -2.82. The zero-order valence-electron chi connectivity index (χ0n) is 20.3. The van der Waals surface area contributed by atoms with Gasteiger partial charge in [-0.25, -0.2) is 0 Å². The molecule has 6 rings (SSSR count). The Labute approximate surface area is 259 Å². The molecule has 190 valence electrons. The third-order valence-electron chi connectivity index (χ3n) is 7.46. The van der Waals surface area contributed by atoms with Gasteiger partial charge in [0.15, 0.2) is 23.1 Å². The molecule has 13 heteroatoms. The van der Waals surface area contributed by atoms with Crippen molar-refractivity contribution in [1.82, 2.24) is 4.98 Å². The normalized spacial score (nSPS) is 19.1. The Morgan fingerprint density at radius 3 is 2.15 bits per heavy atom. The summed E-state index contributed by atoms with van der Waals surface area (Å²) in [7, 11) is 1.11. The third kappa shape index (κ3) is 3.18. The largest absolute Gasteiger partial charge is 1.00 e. The maximum absolute atomic E-state index is 13.9. The first-order chi connectivity index (χ1) is 17.9. The number of carboxylic acid groups (broad SMARTS) is 1. The average Bonchev–Trinajstić information content (AvgIpc) is 3.36. The summed E-state index contributed by atoms with van der Waals surface area (Å²) in [5.41, 5.74) is -6.49. The first kappa shape index (κ1) is 27.0. The van der Waals surface area contributed by atoms with E-state index in [0.717, 1.165) is 19.3 Å². The van der Waals surface area contributed by atoms with Gasteiger partial charge in [0.05, 0.1) is 46.4 Å². The number of benzene rings is 2. The van der Waals surface area contributed by atoms with E-state index in [2.05, 4.69) is 4.98 Å². The number of hydrogen-bond acceptors (Lipinski definition) is 11. The smallest absolute Gasteiger partial charge is 0.543 e. The van der Waals surface area contributed by atoms with E-state index in [1.165, 1.54) is 6.07 Å². The van der Waals surface area contributed by atoms with Crippen molar-refractivity contribution < 1.29 is 101 Å². The number of aryl methyl sites for hydroxylation is 1. The number of rotatable bonds is 2. The molecule has 1 spiro atoms. The summed E-state index contributed by atoms with van der Waals surface area (Å²) in [6.07, 6.45) is 0.562. The number of aromatic nitrogens is 1. The van der Waals surface area contributed by atoms with E-state index in [1.54, 1.807) is 0 Å². The van der Waals surface area contributed by atoms with Crippen molar-refractivity contribution in [2.75, 3.05) is 7.11 Å². The summed E-state index contributed by atoms with van der Waals surface area (Å²) in [5.74, 6) is -8.85. The zero-order chi connectivity index (χ0) is 27.4. The number of fused-ring (bicyclic) bond motifs is 5. The second kappa shape index (κ2) is 8.69. The minimum atomic E-state index is -2.18. The standard InChI is InChI=1S/C26H15NO11.K/c1-38-11-6-10(28)13-14(18(11)29)20(31)16-15(19(13)30)22(33)26(23(16)34)3-2-7-4-8-5-9(25(36)37)27-24(35)12(8)21(32)17(7)26;/h4-6,30-32H,2-3H2,1H3,(H,27,35)(H,36,37);/q;+1/p-1/t26-;/m0./s1. The molecule has 0 bridgehead atoms. The van der Waals surface area contributed by atoms with Crippen molar-refractivity contribution >= 4 is 39.9 Å². The van der Waals surface area contributed by atoms with Crippen LogP contribution in [-0.2, 0) is 16.6 Å². The van der Waals surface area contributed by atoms with Gasteiger partial charge in [0.1, 0.15) is 22.7 Å². The monoisotopic (exact) mass is 555 g/mol. The maximum atomic E-state index is 13.9. The first-order valence-electron chi connectivity index (χ1n) is 11.2. The molecule has 2 aromatic carbocycles. The molecule has 3 aliphatic carbocycles. The molecule has 3 aliphatic rings. The number of allylic oxidation sites excluding steroid dienone is 2. The van der Waals surface area contributed by atoms with Gasteiger partial charge in [0.25, 0.3) is 5.56 Å². The maximum Gasteiger partial charge on any atom is 1.00 e. The Hall–Kier alpha value is -3.62. The van der Waals surface area contributed by atoms with Gasteiger partial charge in [-0.2, -0.15) is 0 Å². The number of ether oxygens (including phenoxy) is 1. The molecule has 0 saturated carbocycles. The Bertz CT molecular complexity index is 1870. The summed E-state index contributed by atoms with van der Waals surface area (Å²) in [5, 5.41) is 44.0. The van der Waals surface area contributed by atoms with Gasteiger partial charge in [0, 0.05) is 11.6 Å². The Balaban J connectivity index is 0.00000308. The predicted molar refractivity (Wildman–Crippen MR) is 123 cm³/mol. The summed E-state index contributed by atoms with van der Waals surface area (Å²) in [6, 6.07) is 2.42. The van der Waals surface area contributed by atoms with E-state index in [1.807, 2.05) is 0 Å². The van der Waals surface area contributed by atoms with Crippen LogP contribution < -0.4 is 62.1 Å². The third-order valence-corrected chi connectivity index (χ3v) is 7.46. The van der Waals surface area contributed by atoms with Gasteiger partial charge in [-0.1, -0.05) is 6.07 Å². The minimum Gasteiger partial charge on any atom is -0.543 e. The number of aromatic hydroxyl groups is 3. The van der Waals surface area contributed by atoms with Crippen LogP contribution in [0.2, 0.25) is 0 Å². The number of aromatic amines is 1. The van der Waals surface area contributed by atoms with Crippen molar-refractivity contribution in [3.8, 4) is 17.2 Å². The van der Waals surface area contributed by atoms with Gasteiger partial charge < -0.3 is 34.9 Å². The number of phenolic OH excluding ortho intramolecular Hbond substituents is 3.